The van der Waals surface area contributed by atoms with E-state index in [0.717, 1.165) is 18.7 Å². The van der Waals surface area contributed by atoms with E-state index < -0.39 is 5.97 Å². The number of anilines is 1. The van der Waals surface area contributed by atoms with Crippen molar-refractivity contribution < 1.29 is 19.2 Å². The lowest BCUT2D eigenvalue weighted by Crippen LogP contribution is -3.13. The number of carbonyl (C=O) groups excluding carboxylic acids is 2. The quantitative estimate of drug-likeness (QED) is 0.687. The second-order valence-electron chi connectivity index (χ2n) is 6.73. The van der Waals surface area contributed by atoms with Gasteiger partial charge in [-0.1, -0.05) is 13.8 Å². The molecule has 0 saturated carbocycles. The van der Waals surface area contributed by atoms with Crippen molar-refractivity contribution in [3.63, 3.8) is 0 Å². The number of carbonyl (C=O) groups is 2. The molecule has 2 atom stereocenters. The first-order valence-corrected chi connectivity index (χ1v) is 9.32. The van der Waals surface area contributed by atoms with Crippen LogP contribution in [0.2, 0.25) is 0 Å². The number of nitrogens with two attached hydrogens (primary N) is 1. The molecule has 134 valence electrons. The van der Waals surface area contributed by atoms with Gasteiger partial charge in [0.1, 0.15) is 22.0 Å². The molecule has 0 aromatic carbocycles. The first kappa shape index (κ1) is 18.7. The van der Waals surface area contributed by atoms with Crippen molar-refractivity contribution in [2.24, 2.45) is 11.8 Å². The third kappa shape index (κ3) is 4.08. The summed E-state index contributed by atoms with van der Waals surface area (Å²) in [6, 6.07) is 0. The van der Waals surface area contributed by atoms with Crippen LogP contribution in [0.1, 0.15) is 52.8 Å². The average molecular weight is 354 g/mol. The molecule has 0 radical (unpaired) electrons. The van der Waals surface area contributed by atoms with Crippen molar-refractivity contribution in [1.82, 2.24) is 5.32 Å². The van der Waals surface area contributed by atoms with Gasteiger partial charge in [-0.25, -0.2) is 4.79 Å². The summed E-state index contributed by atoms with van der Waals surface area (Å²) in [5.74, 6) is 0.632. The highest BCUT2D eigenvalue weighted by Crippen LogP contribution is 2.31. The second kappa shape index (κ2) is 7.98. The number of rotatable bonds is 5. The van der Waals surface area contributed by atoms with Gasteiger partial charge in [0.15, 0.2) is 0 Å². The minimum Gasteiger partial charge on any atom is -0.462 e. The van der Waals surface area contributed by atoms with Crippen LogP contribution in [0.15, 0.2) is 0 Å². The van der Waals surface area contributed by atoms with Crippen molar-refractivity contribution in [1.29, 1.82) is 0 Å². The number of thiophene rings is 1. The van der Waals surface area contributed by atoms with Gasteiger partial charge in [-0.05, 0) is 13.3 Å². The number of nitrogen functional groups attached to an aromatic ring is 1. The second-order valence-corrected chi connectivity index (χ2v) is 7.78. The van der Waals surface area contributed by atoms with Crippen LogP contribution in [0.3, 0.4) is 0 Å². The van der Waals surface area contributed by atoms with E-state index in [4.69, 9.17) is 10.5 Å². The first-order chi connectivity index (χ1) is 11.4. The van der Waals surface area contributed by atoms with E-state index >= 15 is 0 Å². The van der Waals surface area contributed by atoms with Gasteiger partial charge in [0, 0.05) is 24.4 Å². The number of esters is 1. The molecule has 0 spiro atoms. The molecule has 1 fully saturated rings. The molecular weight excluding hydrogens is 326 g/mol. The first-order valence-electron chi connectivity index (χ1n) is 8.51. The molecule has 7 heteroatoms. The summed E-state index contributed by atoms with van der Waals surface area (Å²) in [7, 11) is 1.59. The Labute approximate surface area is 147 Å². The van der Waals surface area contributed by atoms with E-state index in [1.807, 2.05) is 0 Å². The largest absolute Gasteiger partial charge is 0.462 e. The summed E-state index contributed by atoms with van der Waals surface area (Å²) in [6.07, 6.45) is 1.22. The van der Waals surface area contributed by atoms with Gasteiger partial charge in [-0.2, -0.15) is 0 Å². The number of piperidine rings is 1. The number of quaternary nitrogens is 1. The third-order valence-electron chi connectivity index (χ3n) is 4.45. The monoisotopic (exact) mass is 354 g/mol. The molecule has 24 heavy (non-hydrogen) atoms. The Hall–Kier alpha value is -1.60. The molecule has 0 bridgehead atoms. The lowest BCUT2D eigenvalue weighted by Gasteiger charge is -2.32. The number of ether oxygens (including phenoxy) is 1. The highest BCUT2D eigenvalue weighted by atomic mass is 32.1. The Morgan fingerprint density at radius 2 is 1.96 bits per heavy atom. The Morgan fingerprint density at radius 1 is 1.33 bits per heavy atom. The van der Waals surface area contributed by atoms with Crippen LogP contribution in [-0.2, 0) is 11.3 Å². The summed E-state index contributed by atoms with van der Waals surface area (Å²) in [6.45, 7) is 9.25. The van der Waals surface area contributed by atoms with Crippen LogP contribution in [0.4, 0.5) is 5.00 Å². The molecule has 6 nitrogen and oxygen atoms in total. The van der Waals surface area contributed by atoms with Gasteiger partial charge in [-0.15, -0.1) is 11.3 Å². The maximum Gasteiger partial charge on any atom is 0.341 e. The summed E-state index contributed by atoms with van der Waals surface area (Å²) in [5, 5.41) is 3.00. The van der Waals surface area contributed by atoms with Gasteiger partial charge in [0.25, 0.3) is 5.91 Å². The third-order valence-corrected chi connectivity index (χ3v) is 5.51. The summed E-state index contributed by atoms with van der Waals surface area (Å²) in [4.78, 5) is 26.5. The van der Waals surface area contributed by atoms with E-state index in [-0.39, 0.29) is 12.5 Å². The standard InChI is InChI=1S/C17H27N3O3S/c1-5-23-17(22)13-12(14(16(21)19-4)24-15(13)18)9-20-7-10(2)6-11(3)8-20/h10-11H,5-9,18H2,1-4H3,(H,19,21)/p+1/t10-,11-/m1/s1. The number of likely N-dealkylation sites (tertiary alicyclic amines) is 1. The van der Waals surface area contributed by atoms with E-state index in [1.165, 1.54) is 22.7 Å². The average Bonchev–Trinajstić information content (AvgIpc) is 2.82. The van der Waals surface area contributed by atoms with Crippen molar-refractivity contribution in [3.8, 4) is 0 Å². The molecular formula is C17H28N3O3S+. The lowest BCUT2D eigenvalue weighted by molar-refractivity contribution is -0.925. The molecule has 2 heterocycles. The fraction of sp³-hybridized carbons (Fsp3) is 0.647. The summed E-state index contributed by atoms with van der Waals surface area (Å²) >= 11 is 1.17. The van der Waals surface area contributed by atoms with Gasteiger partial charge in [-0.3, -0.25) is 4.79 Å². The normalized spacial score (nSPS) is 23.8. The van der Waals surface area contributed by atoms with Gasteiger partial charge >= 0.3 is 5.97 Å². The molecule has 1 aliphatic heterocycles. The maximum atomic E-state index is 12.3. The van der Waals surface area contributed by atoms with Crippen LogP contribution >= 0.6 is 11.3 Å². The highest BCUT2D eigenvalue weighted by Gasteiger charge is 2.32. The number of hydrogen-bond acceptors (Lipinski definition) is 5. The molecule has 0 aliphatic carbocycles. The van der Waals surface area contributed by atoms with E-state index in [1.54, 1.807) is 14.0 Å². The van der Waals surface area contributed by atoms with Crippen LogP contribution in [0, 0.1) is 11.8 Å². The minimum atomic E-state index is -0.436. The zero-order chi connectivity index (χ0) is 17.9. The van der Waals surface area contributed by atoms with Crippen LogP contribution in [0.25, 0.3) is 0 Å². The predicted molar refractivity (Wildman–Crippen MR) is 95.4 cm³/mol. The fourth-order valence-corrected chi connectivity index (χ4v) is 4.72. The van der Waals surface area contributed by atoms with E-state index in [2.05, 4.69) is 19.2 Å². The van der Waals surface area contributed by atoms with Crippen molar-refractivity contribution in [2.75, 3.05) is 32.5 Å². The SMILES string of the molecule is CCOC(=O)c1c(N)sc(C(=O)NC)c1C[NH+]1C[C@H](C)C[C@@H](C)C1. The smallest absolute Gasteiger partial charge is 0.341 e. The van der Waals surface area contributed by atoms with E-state index in [9.17, 15) is 9.59 Å². The van der Waals surface area contributed by atoms with Crippen LogP contribution < -0.4 is 16.0 Å². The van der Waals surface area contributed by atoms with Crippen molar-refractivity contribution in [2.45, 2.75) is 33.7 Å². The van der Waals surface area contributed by atoms with Gasteiger partial charge < -0.3 is 20.7 Å². The van der Waals surface area contributed by atoms with Gasteiger partial charge in [0.05, 0.1) is 19.7 Å². The Morgan fingerprint density at radius 3 is 2.50 bits per heavy atom. The predicted octanol–water partition coefficient (Wildman–Crippen LogP) is 0.927. The molecule has 1 aromatic rings. The highest BCUT2D eigenvalue weighted by molar-refractivity contribution is 7.18. The van der Waals surface area contributed by atoms with Gasteiger partial charge in [0.2, 0.25) is 0 Å². The summed E-state index contributed by atoms with van der Waals surface area (Å²) in [5.41, 5.74) is 7.16. The Kier molecular flexibility index (Phi) is 6.23. The fourth-order valence-electron chi connectivity index (χ4n) is 3.69. The van der Waals surface area contributed by atoms with Crippen LogP contribution in [-0.4, -0.2) is 38.6 Å². The molecule has 1 saturated heterocycles. The number of nitrogens with one attached hydrogen (secondary N) is 2. The molecule has 4 N–H and O–H groups in total. The number of hydrogen-bond donors (Lipinski definition) is 3. The van der Waals surface area contributed by atoms with Crippen LogP contribution in [0.5, 0.6) is 0 Å². The van der Waals surface area contributed by atoms with Crippen molar-refractivity contribution >= 4 is 28.2 Å². The zero-order valence-corrected chi connectivity index (χ0v) is 15.7. The minimum absolute atomic E-state index is 0.199. The summed E-state index contributed by atoms with van der Waals surface area (Å²) < 4.78 is 5.15. The van der Waals surface area contributed by atoms with E-state index in [0.29, 0.717) is 33.8 Å². The molecule has 1 aromatic heterocycles. The number of amides is 1. The topological polar surface area (TPSA) is 85.9 Å². The zero-order valence-electron chi connectivity index (χ0n) is 14.9. The molecule has 0 unspecified atom stereocenters. The maximum absolute atomic E-state index is 12.3. The lowest BCUT2D eigenvalue weighted by atomic mass is 9.91. The molecule has 1 aliphatic rings. The molecule has 2 rings (SSSR count). The van der Waals surface area contributed by atoms with Crippen molar-refractivity contribution in [3.05, 3.63) is 16.0 Å². The Balaban J connectivity index is 2.37. The molecule has 1 amide bonds. The Bertz CT molecular complexity index is 604.